The zero-order valence-corrected chi connectivity index (χ0v) is 5.54. The fourth-order valence-electron chi connectivity index (χ4n) is 0.526. The Kier molecular flexibility index (Phi) is 1.76. The van der Waals surface area contributed by atoms with Crippen molar-refractivity contribution in [1.29, 1.82) is 0 Å². The molecule has 1 radical (unpaired) electrons. The van der Waals surface area contributed by atoms with Crippen LogP contribution < -0.4 is 5.73 Å². The van der Waals surface area contributed by atoms with Crippen LogP contribution in [0.3, 0.4) is 0 Å². The molecule has 0 unspecified atom stereocenters. The van der Waals surface area contributed by atoms with Crippen LogP contribution in [0.1, 0.15) is 0 Å². The number of hydrogen-bond donors (Lipinski definition) is 0. The van der Waals surface area contributed by atoms with Crippen LogP contribution in [0.25, 0.3) is 0 Å². The summed E-state index contributed by atoms with van der Waals surface area (Å²) in [6.07, 6.45) is 0. The fraction of sp³-hybridized carbons (Fsp3) is 0. The van der Waals surface area contributed by atoms with E-state index in [1.807, 2.05) is 0 Å². The third-order valence-electron chi connectivity index (χ3n) is 1.04. The molecule has 1 rings (SSSR count). The van der Waals surface area contributed by atoms with Crippen LogP contribution in [0.5, 0.6) is 0 Å². The van der Waals surface area contributed by atoms with E-state index in [9.17, 15) is 8.78 Å². The van der Waals surface area contributed by atoms with Crippen molar-refractivity contribution in [2.75, 3.05) is 0 Å². The maximum atomic E-state index is 12.4. The summed E-state index contributed by atoms with van der Waals surface area (Å²) >= 11 is 5.11. The van der Waals surface area contributed by atoms with Gasteiger partial charge in [-0.05, 0) is 12.1 Å². The van der Waals surface area contributed by atoms with E-state index in [1.165, 1.54) is 0 Å². The molecule has 4 heteroatoms. The number of hydrogen-bond acceptors (Lipinski definition) is 0. The van der Waals surface area contributed by atoms with Crippen LogP contribution in [-0.2, 0) is 0 Å². The van der Waals surface area contributed by atoms with E-state index in [4.69, 9.17) is 17.3 Å². The summed E-state index contributed by atoms with van der Waals surface area (Å²) in [5.41, 5.74) is 6.43. The highest BCUT2D eigenvalue weighted by Gasteiger charge is 2.08. The van der Waals surface area contributed by atoms with Crippen molar-refractivity contribution in [2.45, 2.75) is 0 Å². The molecule has 53 valence electrons. The topological polar surface area (TPSA) is 23.8 Å². The highest BCUT2D eigenvalue weighted by molar-refractivity contribution is 6.31. The Morgan fingerprint density at radius 1 is 1.30 bits per heavy atom. The Morgan fingerprint density at radius 2 is 1.90 bits per heavy atom. The van der Waals surface area contributed by atoms with Crippen molar-refractivity contribution in [3.8, 4) is 0 Å². The molecule has 0 atom stereocenters. The number of benzene rings is 1. The molecular weight excluding hydrogens is 160 g/mol. The molecule has 0 saturated carbocycles. The first-order chi connectivity index (χ1) is 4.63. The third kappa shape index (κ3) is 1.04. The molecule has 1 nitrogen and oxygen atoms in total. The Hall–Kier alpha value is -0.830. The normalized spacial score (nSPS) is 9.90. The SMILES string of the molecule is [NH]c1ccc(F)c(Cl)c1F. The summed E-state index contributed by atoms with van der Waals surface area (Å²) in [5.74, 6) is -1.85. The van der Waals surface area contributed by atoms with Gasteiger partial charge < -0.3 is 0 Å². The van der Waals surface area contributed by atoms with Gasteiger partial charge in [0.1, 0.15) is 10.8 Å². The van der Waals surface area contributed by atoms with Gasteiger partial charge in [-0.3, -0.25) is 5.73 Å². The average Bonchev–Trinajstić information content (AvgIpc) is 1.93. The number of rotatable bonds is 0. The zero-order chi connectivity index (χ0) is 7.72. The van der Waals surface area contributed by atoms with Gasteiger partial charge in [-0.25, -0.2) is 8.78 Å². The van der Waals surface area contributed by atoms with Crippen molar-refractivity contribution in [1.82, 2.24) is 5.73 Å². The molecule has 1 aromatic carbocycles. The largest absolute Gasteiger partial charge is 0.298 e. The fourth-order valence-corrected chi connectivity index (χ4v) is 0.691. The molecule has 0 aromatic heterocycles. The molecular formula is C6H3ClF2N. The van der Waals surface area contributed by atoms with E-state index in [2.05, 4.69) is 0 Å². The highest BCUT2D eigenvalue weighted by atomic mass is 35.5. The van der Waals surface area contributed by atoms with Crippen molar-refractivity contribution in [3.05, 3.63) is 28.8 Å². The first kappa shape index (κ1) is 7.28. The first-order valence-electron chi connectivity index (χ1n) is 2.48. The van der Waals surface area contributed by atoms with Gasteiger partial charge in [0.05, 0.1) is 5.69 Å². The van der Waals surface area contributed by atoms with E-state index < -0.39 is 22.3 Å². The number of halogens is 3. The molecule has 0 aliphatic rings. The van der Waals surface area contributed by atoms with Gasteiger partial charge in [-0.15, -0.1) is 0 Å². The summed E-state index contributed by atoms with van der Waals surface area (Å²) in [5, 5.41) is -0.618. The summed E-state index contributed by atoms with van der Waals surface area (Å²) in [7, 11) is 0. The highest BCUT2D eigenvalue weighted by Crippen LogP contribution is 2.23. The van der Waals surface area contributed by atoms with E-state index in [-0.39, 0.29) is 0 Å². The van der Waals surface area contributed by atoms with Gasteiger partial charge in [0.25, 0.3) is 0 Å². The Morgan fingerprint density at radius 3 is 2.40 bits per heavy atom. The second kappa shape index (κ2) is 2.42. The van der Waals surface area contributed by atoms with Gasteiger partial charge in [-0.1, -0.05) is 11.6 Å². The molecule has 10 heavy (non-hydrogen) atoms. The van der Waals surface area contributed by atoms with E-state index in [0.29, 0.717) is 0 Å². The van der Waals surface area contributed by atoms with Crippen molar-refractivity contribution in [3.63, 3.8) is 0 Å². The van der Waals surface area contributed by atoms with Crippen molar-refractivity contribution >= 4 is 17.3 Å². The lowest BCUT2D eigenvalue weighted by Crippen LogP contribution is -1.84. The van der Waals surface area contributed by atoms with Crippen LogP contribution in [0.2, 0.25) is 5.02 Å². The second-order valence-corrected chi connectivity index (χ2v) is 2.10. The van der Waals surface area contributed by atoms with Gasteiger partial charge in [0, 0.05) is 0 Å². The molecule has 0 heterocycles. The van der Waals surface area contributed by atoms with Crippen LogP contribution in [-0.4, -0.2) is 0 Å². The maximum absolute atomic E-state index is 12.4. The molecule has 0 amide bonds. The van der Waals surface area contributed by atoms with E-state index in [0.717, 1.165) is 12.1 Å². The van der Waals surface area contributed by atoms with E-state index >= 15 is 0 Å². The first-order valence-corrected chi connectivity index (χ1v) is 2.86. The van der Waals surface area contributed by atoms with Crippen molar-refractivity contribution in [2.24, 2.45) is 0 Å². The molecule has 1 aromatic rings. The molecule has 0 aliphatic carbocycles. The summed E-state index contributed by atoms with van der Waals surface area (Å²) < 4.78 is 24.7. The van der Waals surface area contributed by atoms with Crippen LogP contribution >= 0.6 is 11.6 Å². The van der Waals surface area contributed by atoms with Crippen LogP contribution in [0.4, 0.5) is 14.5 Å². The third-order valence-corrected chi connectivity index (χ3v) is 1.38. The standard InChI is InChI=1S/C6H3ClF2N/c7-5-3(8)1-2-4(10)6(5)9/h1-2,10H. The van der Waals surface area contributed by atoms with Gasteiger partial charge in [0.15, 0.2) is 5.82 Å². The lowest BCUT2D eigenvalue weighted by atomic mass is 10.3. The monoisotopic (exact) mass is 162 g/mol. The second-order valence-electron chi connectivity index (χ2n) is 1.72. The van der Waals surface area contributed by atoms with E-state index in [1.54, 1.807) is 0 Å². The lowest BCUT2D eigenvalue weighted by molar-refractivity contribution is 0.585. The average molecular weight is 163 g/mol. The van der Waals surface area contributed by atoms with Gasteiger partial charge >= 0.3 is 0 Å². The maximum Gasteiger partial charge on any atom is 0.169 e. The Bertz CT molecular complexity index is 235. The predicted octanol–water partition coefficient (Wildman–Crippen LogP) is 2.53. The zero-order valence-electron chi connectivity index (χ0n) is 4.79. The minimum absolute atomic E-state index is 0.397. The summed E-state index contributed by atoms with van der Waals surface area (Å²) in [6, 6.07) is 1.96. The Balaban J connectivity index is 3.34. The number of nitrogens with one attached hydrogen (secondary N) is 1. The molecule has 0 saturated heterocycles. The minimum Gasteiger partial charge on any atom is -0.298 e. The molecule has 0 fully saturated rings. The van der Waals surface area contributed by atoms with Crippen LogP contribution in [0, 0.1) is 11.6 Å². The predicted molar refractivity (Wildman–Crippen MR) is 34.1 cm³/mol. The molecule has 0 bridgehead atoms. The molecule has 0 aliphatic heterocycles. The Labute approximate surface area is 61.4 Å². The van der Waals surface area contributed by atoms with Gasteiger partial charge in [-0.2, -0.15) is 0 Å². The quantitative estimate of drug-likeness (QED) is 0.524. The molecule has 1 N–H and O–H groups in total. The smallest absolute Gasteiger partial charge is 0.169 e. The molecule has 0 spiro atoms. The summed E-state index contributed by atoms with van der Waals surface area (Å²) in [4.78, 5) is 0. The summed E-state index contributed by atoms with van der Waals surface area (Å²) in [6.45, 7) is 0. The van der Waals surface area contributed by atoms with Crippen LogP contribution in [0.15, 0.2) is 12.1 Å². The lowest BCUT2D eigenvalue weighted by Gasteiger charge is -1.96. The van der Waals surface area contributed by atoms with Crippen molar-refractivity contribution < 1.29 is 8.78 Å². The minimum atomic E-state index is -1.01. The van der Waals surface area contributed by atoms with Gasteiger partial charge in [0.2, 0.25) is 0 Å².